The fourth-order valence-corrected chi connectivity index (χ4v) is 3.51. The highest BCUT2D eigenvalue weighted by molar-refractivity contribution is 5.81. The summed E-state index contributed by atoms with van der Waals surface area (Å²) in [7, 11) is 0. The van der Waals surface area contributed by atoms with Crippen molar-refractivity contribution in [3.63, 3.8) is 0 Å². The fraction of sp³-hybridized carbons (Fsp3) is 0.318. The van der Waals surface area contributed by atoms with Gasteiger partial charge in [-0.2, -0.15) is 0 Å². The van der Waals surface area contributed by atoms with Crippen LogP contribution in [-0.4, -0.2) is 41.8 Å². The number of amides is 1. The lowest BCUT2D eigenvalue weighted by Gasteiger charge is -2.28. The van der Waals surface area contributed by atoms with E-state index in [1.807, 2.05) is 31.2 Å². The van der Waals surface area contributed by atoms with Crippen molar-refractivity contribution in [3.05, 3.63) is 70.3 Å². The Kier molecular flexibility index (Phi) is 5.57. The van der Waals surface area contributed by atoms with Gasteiger partial charge >= 0.3 is 0 Å². The van der Waals surface area contributed by atoms with Crippen LogP contribution in [0.25, 0.3) is 10.9 Å². The molecule has 2 aromatic carbocycles. The van der Waals surface area contributed by atoms with Crippen LogP contribution >= 0.6 is 0 Å². The molecule has 0 spiro atoms. The quantitative estimate of drug-likeness (QED) is 0.717. The number of benzene rings is 2. The lowest BCUT2D eigenvalue weighted by atomic mass is 10.1. The molecule has 150 valence electrons. The van der Waals surface area contributed by atoms with Gasteiger partial charge in [-0.05, 0) is 36.2 Å². The van der Waals surface area contributed by atoms with Crippen LogP contribution in [0.2, 0.25) is 0 Å². The lowest BCUT2D eigenvalue weighted by molar-refractivity contribution is -0.121. The minimum atomic E-state index is -0.224. The van der Waals surface area contributed by atoms with Gasteiger partial charge in [0.05, 0.1) is 30.4 Å². The zero-order chi connectivity index (χ0) is 20.2. The zero-order valence-electron chi connectivity index (χ0n) is 16.4. The highest BCUT2D eigenvalue weighted by atomic mass is 16.5. The molecule has 3 aromatic rings. The van der Waals surface area contributed by atoms with E-state index in [1.54, 1.807) is 6.07 Å². The van der Waals surface area contributed by atoms with E-state index < -0.39 is 0 Å². The van der Waals surface area contributed by atoms with E-state index in [0.717, 1.165) is 43.1 Å². The Hall–Kier alpha value is -3.19. The maximum Gasteiger partial charge on any atom is 0.261 e. The van der Waals surface area contributed by atoms with Gasteiger partial charge in [-0.25, -0.2) is 4.98 Å². The predicted molar refractivity (Wildman–Crippen MR) is 112 cm³/mol. The Bertz CT molecular complexity index is 1070. The number of aromatic nitrogens is 2. The van der Waals surface area contributed by atoms with Crippen molar-refractivity contribution in [2.45, 2.75) is 20.0 Å². The molecule has 0 saturated carbocycles. The second kappa shape index (κ2) is 8.45. The summed E-state index contributed by atoms with van der Waals surface area (Å²) in [5.74, 6) is -0.224. The average Bonchev–Trinajstić information content (AvgIpc) is 2.76. The Labute approximate surface area is 168 Å². The number of anilines is 1. The number of rotatable bonds is 5. The van der Waals surface area contributed by atoms with Crippen molar-refractivity contribution in [2.75, 3.05) is 31.2 Å². The Morgan fingerprint density at radius 3 is 2.66 bits per heavy atom. The van der Waals surface area contributed by atoms with Crippen LogP contribution in [0.3, 0.4) is 0 Å². The van der Waals surface area contributed by atoms with E-state index in [1.165, 1.54) is 10.9 Å². The van der Waals surface area contributed by atoms with Crippen LogP contribution in [-0.2, 0) is 22.6 Å². The highest BCUT2D eigenvalue weighted by Crippen LogP contribution is 2.16. The van der Waals surface area contributed by atoms with Crippen molar-refractivity contribution < 1.29 is 9.53 Å². The van der Waals surface area contributed by atoms with Crippen LogP contribution in [0.15, 0.2) is 53.6 Å². The standard InChI is InChI=1S/C22H24N4O3/c1-16-3-2-4-19-21(16)24-15-26(22(19)28)14-20(27)23-13-17-5-7-18(8-6-17)25-9-11-29-12-10-25/h2-8,15H,9-14H2,1H3,(H,23,27). The van der Waals surface area contributed by atoms with Crippen molar-refractivity contribution in [3.8, 4) is 0 Å². The van der Waals surface area contributed by atoms with Crippen molar-refractivity contribution >= 4 is 22.5 Å². The number of ether oxygens (including phenoxy) is 1. The number of carbonyl (C=O) groups is 1. The first-order valence-corrected chi connectivity index (χ1v) is 9.75. The van der Waals surface area contributed by atoms with Gasteiger partial charge < -0.3 is 15.0 Å². The van der Waals surface area contributed by atoms with Crippen LogP contribution in [0.4, 0.5) is 5.69 Å². The smallest absolute Gasteiger partial charge is 0.261 e. The third-order valence-electron chi connectivity index (χ3n) is 5.17. The number of hydrogen-bond acceptors (Lipinski definition) is 5. The molecular weight excluding hydrogens is 368 g/mol. The lowest BCUT2D eigenvalue weighted by Crippen LogP contribution is -2.36. The number of aryl methyl sites for hydroxylation is 1. The first kappa shape index (κ1) is 19.1. The summed E-state index contributed by atoms with van der Waals surface area (Å²) in [6.45, 7) is 5.56. The predicted octanol–water partition coefficient (Wildman–Crippen LogP) is 1.86. The van der Waals surface area contributed by atoms with Crippen LogP contribution in [0.1, 0.15) is 11.1 Å². The van der Waals surface area contributed by atoms with Gasteiger partial charge in [-0.1, -0.05) is 24.3 Å². The van der Waals surface area contributed by atoms with Gasteiger partial charge in [-0.15, -0.1) is 0 Å². The second-order valence-corrected chi connectivity index (χ2v) is 7.19. The molecular formula is C22H24N4O3. The van der Waals surface area contributed by atoms with Crippen molar-refractivity contribution in [2.24, 2.45) is 0 Å². The van der Waals surface area contributed by atoms with Gasteiger partial charge in [0.15, 0.2) is 0 Å². The zero-order valence-corrected chi connectivity index (χ0v) is 16.4. The average molecular weight is 392 g/mol. The van der Waals surface area contributed by atoms with Crippen molar-refractivity contribution in [1.82, 2.24) is 14.9 Å². The summed E-state index contributed by atoms with van der Waals surface area (Å²) >= 11 is 0. The molecule has 0 bridgehead atoms. The van der Waals surface area contributed by atoms with Gasteiger partial charge in [0.25, 0.3) is 5.56 Å². The van der Waals surface area contributed by atoms with Gasteiger partial charge in [-0.3, -0.25) is 14.2 Å². The minimum Gasteiger partial charge on any atom is -0.378 e. The Balaban J connectivity index is 1.37. The van der Waals surface area contributed by atoms with Crippen LogP contribution < -0.4 is 15.8 Å². The molecule has 4 rings (SSSR count). The summed E-state index contributed by atoms with van der Waals surface area (Å²) in [5, 5.41) is 3.40. The van der Waals surface area contributed by atoms with Gasteiger partial charge in [0, 0.05) is 25.3 Å². The number of para-hydroxylation sites is 1. The maximum absolute atomic E-state index is 12.6. The molecule has 0 atom stereocenters. The molecule has 1 aliphatic rings. The molecule has 1 aromatic heterocycles. The van der Waals surface area contributed by atoms with Crippen LogP contribution in [0, 0.1) is 6.92 Å². The molecule has 1 N–H and O–H groups in total. The summed E-state index contributed by atoms with van der Waals surface area (Å²) in [5.41, 5.74) is 3.58. The van der Waals surface area contributed by atoms with Gasteiger partial charge in [0.2, 0.25) is 5.91 Å². The summed E-state index contributed by atoms with van der Waals surface area (Å²) in [6.07, 6.45) is 1.44. The molecule has 0 aliphatic carbocycles. The number of hydrogen-bond donors (Lipinski definition) is 1. The maximum atomic E-state index is 12.6. The fourth-order valence-electron chi connectivity index (χ4n) is 3.51. The van der Waals surface area contributed by atoms with E-state index in [9.17, 15) is 9.59 Å². The number of nitrogens with one attached hydrogen (secondary N) is 1. The molecule has 2 heterocycles. The SMILES string of the molecule is Cc1cccc2c(=O)n(CC(=O)NCc3ccc(N4CCOCC4)cc3)cnc12. The van der Waals surface area contributed by atoms with Gasteiger partial charge in [0.1, 0.15) is 6.54 Å². The molecule has 1 aliphatic heterocycles. The topological polar surface area (TPSA) is 76.5 Å². The summed E-state index contributed by atoms with van der Waals surface area (Å²) < 4.78 is 6.72. The number of carbonyl (C=O) groups excluding carboxylic acids is 1. The molecule has 0 radical (unpaired) electrons. The molecule has 29 heavy (non-hydrogen) atoms. The number of nitrogens with zero attached hydrogens (tertiary/aromatic N) is 3. The first-order chi connectivity index (χ1) is 14.1. The third-order valence-corrected chi connectivity index (χ3v) is 5.17. The van der Waals surface area contributed by atoms with E-state index in [0.29, 0.717) is 17.4 Å². The number of fused-ring (bicyclic) bond motifs is 1. The molecule has 0 unspecified atom stereocenters. The normalized spacial score (nSPS) is 14.2. The van der Waals surface area contributed by atoms with E-state index in [-0.39, 0.29) is 18.0 Å². The number of morpholine rings is 1. The minimum absolute atomic E-state index is 0.0540. The molecule has 1 fully saturated rings. The Morgan fingerprint density at radius 2 is 1.90 bits per heavy atom. The molecule has 7 nitrogen and oxygen atoms in total. The summed E-state index contributed by atoms with van der Waals surface area (Å²) in [6, 6.07) is 13.6. The molecule has 7 heteroatoms. The van der Waals surface area contributed by atoms with Crippen molar-refractivity contribution in [1.29, 1.82) is 0 Å². The Morgan fingerprint density at radius 1 is 1.14 bits per heavy atom. The molecule has 1 saturated heterocycles. The highest BCUT2D eigenvalue weighted by Gasteiger charge is 2.12. The van der Waals surface area contributed by atoms with E-state index in [2.05, 4.69) is 27.3 Å². The first-order valence-electron chi connectivity index (χ1n) is 9.75. The van der Waals surface area contributed by atoms with Crippen LogP contribution in [0.5, 0.6) is 0 Å². The monoisotopic (exact) mass is 392 g/mol. The second-order valence-electron chi connectivity index (χ2n) is 7.19. The summed E-state index contributed by atoms with van der Waals surface area (Å²) in [4.78, 5) is 31.6. The molecule has 1 amide bonds. The van der Waals surface area contributed by atoms with E-state index >= 15 is 0 Å². The largest absolute Gasteiger partial charge is 0.378 e. The van der Waals surface area contributed by atoms with E-state index in [4.69, 9.17) is 4.74 Å². The third kappa shape index (κ3) is 4.30.